The Morgan fingerprint density at radius 1 is 0.933 bits per heavy atom. The SMILES string of the molecule is O=C1CCC(N2C(=O)c3ccc(OCc4ccccc4C4CC4)cc3C2=O)C(=O)N1. The van der Waals surface area contributed by atoms with Crippen LogP contribution in [0.25, 0.3) is 0 Å². The Balaban J connectivity index is 1.35. The zero-order chi connectivity index (χ0) is 20.8. The van der Waals surface area contributed by atoms with E-state index in [0.29, 0.717) is 18.3 Å². The average molecular weight is 404 g/mol. The summed E-state index contributed by atoms with van der Waals surface area (Å²) in [4.78, 5) is 50.1. The molecule has 7 nitrogen and oxygen atoms in total. The van der Waals surface area contributed by atoms with Crippen molar-refractivity contribution < 1.29 is 23.9 Å². The Bertz CT molecular complexity index is 1090. The molecule has 0 radical (unpaired) electrons. The van der Waals surface area contributed by atoms with E-state index < -0.39 is 29.7 Å². The Morgan fingerprint density at radius 2 is 1.70 bits per heavy atom. The van der Waals surface area contributed by atoms with Crippen molar-refractivity contribution in [1.82, 2.24) is 10.2 Å². The van der Waals surface area contributed by atoms with Crippen molar-refractivity contribution in [1.29, 1.82) is 0 Å². The number of carbonyl (C=O) groups excluding carboxylic acids is 4. The summed E-state index contributed by atoms with van der Waals surface area (Å²) in [6.07, 6.45) is 2.63. The maximum absolute atomic E-state index is 12.9. The monoisotopic (exact) mass is 404 g/mol. The summed E-state index contributed by atoms with van der Waals surface area (Å²) in [5, 5.41) is 2.19. The van der Waals surface area contributed by atoms with E-state index in [1.165, 1.54) is 18.4 Å². The van der Waals surface area contributed by atoms with Gasteiger partial charge in [0.15, 0.2) is 0 Å². The van der Waals surface area contributed by atoms with Crippen LogP contribution in [-0.2, 0) is 16.2 Å². The van der Waals surface area contributed by atoms with E-state index in [4.69, 9.17) is 4.74 Å². The van der Waals surface area contributed by atoms with Crippen LogP contribution in [0.4, 0.5) is 0 Å². The van der Waals surface area contributed by atoms with Crippen molar-refractivity contribution in [2.45, 2.75) is 44.2 Å². The maximum atomic E-state index is 12.9. The van der Waals surface area contributed by atoms with E-state index in [9.17, 15) is 19.2 Å². The van der Waals surface area contributed by atoms with Gasteiger partial charge < -0.3 is 4.74 Å². The smallest absolute Gasteiger partial charge is 0.262 e. The Morgan fingerprint density at radius 3 is 2.47 bits per heavy atom. The summed E-state index contributed by atoms with van der Waals surface area (Å²) in [6.45, 7) is 0.379. The number of piperidine rings is 1. The van der Waals surface area contributed by atoms with E-state index in [0.717, 1.165) is 10.5 Å². The third-order valence-electron chi connectivity index (χ3n) is 5.88. The molecule has 1 N–H and O–H groups in total. The summed E-state index contributed by atoms with van der Waals surface area (Å²) in [6, 6.07) is 12.0. The third kappa shape index (κ3) is 3.16. The fourth-order valence-corrected chi connectivity index (χ4v) is 4.16. The molecule has 1 saturated heterocycles. The van der Waals surface area contributed by atoms with Gasteiger partial charge in [0.2, 0.25) is 11.8 Å². The summed E-state index contributed by atoms with van der Waals surface area (Å²) in [5.74, 6) is -0.968. The molecule has 2 aromatic rings. The van der Waals surface area contributed by atoms with Crippen LogP contribution in [0.1, 0.15) is 63.4 Å². The van der Waals surface area contributed by atoms with Crippen LogP contribution in [-0.4, -0.2) is 34.6 Å². The van der Waals surface area contributed by atoms with E-state index in [2.05, 4.69) is 11.4 Å². The Labute approximate surface area is 173 Å². The van der Waals surface area contributed by atoms with Gasteiger partial charge in [-0.2, -0.15) is 0 Å². The molecule has 0 bridgehead atoms. The largest absolute Gasteiger partial charge is 0.489 e. The number of hydrogen-bond acceptors (Lipinski definition) is 5. The number of nitrogens with zero attached hydrogens (tertiary/aromatic N) is 1. The molecular weight excluding hydrogens is 384 g/mol. The van der Waals surface area contributed by atoms with Crippen molar-refractivity contribution >= 4 is 23.6 Å². The Hall–Kier alpha value is -3.48. The second kappa shape index (κ2) is 7.09. The summed E-state index contributed by atoms with van der Waals surface area (Å²) < 4.78 is 5.93. The molecule has 2 aliphatic heterocycles. The van der Waals surface area contributed by atoms with Crippen LogP contribution in [0.15, 0.2) is 42.5 Å². The van der Waals surface area contributed by atoms with Gasteiger partial charge in [0.05, 0.1) is 11.1 Å². The number of imide groups is 2. The normalized spacial score (nSPS) is 20.9. The van der Waals surface area contributed by atoms with Crippen LogP contribution in [0.5, 0.6) is 5.75 Å². The first kappa shape index (κ1) is 18.5. The van der Waals surface area contributed by atoms with Gasteiger partial charge in [-0.3, -0.25) is 29.4 Å². The predicted octanol–water partition coefficient (Wildman–Crippen LogP) is 2.54. The first-order valence-corrected chi connectivity index (χ1v) is 10.1. The quantitative estimate of drug-likeness (QED) is 0.773. The van der Waals surface area contributed by atoms with E-state index in [-0.39, 0.29) is 24.0 Å². The predicted molar refractivity (Wildman–Crippen MR) is 106 cm³/mol. The molecule has 1 atom stereocenters. The summed E-state index contributed by atoms with van der Waals surface area (Å²) >= 11 is 0. The molecule has 7 heteroatoms. The van der Waals surface area contributed by atoms with Crippen LogP contribution in [0.3, 0.4) is 0 Å². The fraction of sp³-hybridized carbons (Fsp3) is 0.304. The third-order valence-corrected chi connectivity index (χ3v) is 5.88. The number of amides is 4. The van der Waals surface area contributed by atoms with Crippen LogP contribution in [0, 0.1) is 0 Å². The number of rotatable bonds is 5. The average Bonchev–Trinajstić information content (AvgIpc) is 3.55. The number of carbonyl (C=O) groups is 4. The Kier molecular flexibility index (Phi) is 4.38. The van der Waals surface area contributed by atoms with Crippen molar-refractivity contribution in [2.24, 2.45) is 0 Å². The van der Waals surface area contributed by atoms with Crippen molar-refractivity contribution in [2.75, 3.05) is 0 Å². The lowest BCUT2D eigenvalue weighted by Gasteiger charge is -2.27. The van der Waals surface area contributed by atoms with Crippen molar-refractivity contribution in [3.05, 3.63) is 64.7 Å². The van der Waals surface area contributed by atoms with Gasteiger partial charge in [0.1, 0.15) is 18.4 Å². The molecular formula is C23H20N2O5. The van der Waals surface area contributed by atoms with E-state index >= 15 is 0 Å². The molecule has 2 heterocycles. The molecule has 152 valence electrons. The number of nitrogens with one attached hydrogen (secondary N) is 1. The molecule has 30 heavy (non-hydrogen) atoms. The number of ether oxygens (including phenoxy) is 1. The molecule has 5 rings (SSSR count). The van der Waals surface area contributed by atoms with Crippen LogP contribution >= 0.6 is 0 Å². The van der Waals surface area contributed by atoms with Gasteiger partial charge in [0.25, 0.3) is 11.8 Å². The van der Waals surface area contributed by atoms with E-state index in [1.54, 1.807) is 18.2 Å². The fourth-order valence-electron chi connectivity index (χ4n) is 4.16. The molecule has 0 spiro atoms. The summed E-state index contributed by atoms with van der Waals surface area (Å²) in [7, 11) is 0. The topological polar surface area (TPSA) is 92.8 Å². The highest BCUT2D eigenvalue weighted by molar-refractivity contribution is 6.23. The molecule has 1 saturated carbocycles. The van der Waals surface area contributed by atoms with Crippen LogP contribution < -0.4 is 10.1 Å². The zero-order valence-electron chi connectivity index (χ0n) is 16.2. The zero-order valence-corrected chi connectivity index (χ0v) is 16.2. The minimum atomic E-state index is -0.968. The lowest BCUT2D eigenvalue weighted by atomic mass is 10.0. The lowest BCUT2D eigenvalue weighted by molar-refractivity contribution is -0.136. The number of hydrogen-bond donors (Lipinski definition) is 1. The van der Waals surface area contributed by atoms with Gasteiger partial charge >= 0.3 is 0 Å². The van der Waals surface area contributed by atoms with Crippen LogP contribution in [0.2, 0.25) is 0 Å². The highest BCUT2D eigenvalue weighted by Crippen LogP contribution is 2.41. The number of benzene rings is 2. The minimum Gasteiger partial charge on any atom is -0.489 e. The number of fused-ring (bicyclic) bond motifs is 1. The van der Waals surface area contributed by atoms with Crippen molar-refractivity contribution in [3.8, 4) is 5.75 Å². The van der Waals surface area contributed by atoms with E-state index in [1.807, 2.05) is 18.2 Å². The molecule has 0 aromatic heterocycles. The first-order valence-electron chi connectivity index (χ1n) is 10.1. The molecule has 4 amide bonds. The highest BCUT2D eigenvalue weighted by atomic mass is 16.5. The first-order chi connectivity index (χ1) is 14.5. The van der Waals surface area contributed by atoms with Gasteiger partial charge in [-0.05, 0) is 54.5 Å². The van der Waals surface area contributed by atoms with Gasteiger partial charge in [-0.25, -0.2) is 0 Å². The lowest BCUT2D eigenvalue weighted by Crippen LogP contribution is -2.54. The molecule has 1 aliphatic carbocycles. The standard InChI is InChI=1S/C23H20N2O5/c26-20-10-9-19(21(27)24-20)25-22(28)17-8-7-15(11-18(17)23(25)29)30-12-14-3-1-2-4-16(14)13-5-6-13/h1-4,7-8,11,13,19H,5-6,9-10,12H2,(H,24,26,27). The highest BCUT2D eigenvalue weighted by Gasteiger charge is 2.44. The van der Waals surface area contributed by atoms with Gasteiger partial charge in [0, 0.05) is 6.42 Å². The van der Waals surface area contributed by atoms with Gasteiger partial charge in [-0.15, -0.1) is 0 Å². The van der Waals surface area contributed by atoms with Crippen molar-refractivity contribution in [3.63, 3.8) is 0 Å². The molecule has 3 aliphatic rings. The summed E-state index contributed by atoms with van der Waals surface area (Å²) in [5.41, 5.74) is 2.88. The molecule has 2 fully saturated rings. The minimum absolute atomic E-state index is 0.0958. The molecule has 1 unspecified atom stereocenters. The second-order valence-electron chi connectivity index (χ2n) is 7.92. The maximum Gasteiger partial charge on any atom is 0.262 e. The molecule has 2 aromatic carbocycles. The second-order valence-corrected chi connectivity index (χ2v) is 7.92. The van der Waals surface area contributed by atoms with Gasteiger partial charge in [-0.1, -0.05) is 24.3 Å².